The molecule has 1 saturated carbocycles. The number of ether oxygens (including phenoxy) is 1. The van der Waals surface area contributed by atoms with E-state index in [1.807, 2.05) is 0 Å². The second-order valence-corrected chi connectivity index (χ2v) is 8.44. The van der Waals surface area contributed by atoms with Crippen LogP contribution >= 0.6 is 0 Å². The van der Waals surface area contributed by atoms with Crippen LogP contribution in [0.5, 0.6) is 6.01 Å². The van der Waals surface area contributed by atoms with Gasteiger partial charge in [-0.1, -0.05) is 19.3 Å². The van der Waals surface area contributed by atoms with Gasteiger partial charge in [0.1, 0.15) is 6.10 Å². The van der Waals surface area contributed by atoms with Gasteiger partial charge in [-0.2, -0.15) is 4.31 Å². The summed E-state index contributed by atoms with van der Waals surface area (Å²) < 4.78 is 45.6. The largest absolute Gasteiger partial charge is 0.459 e. The fourth-order valence-corrected chi connectivity index (χ4v) is 5.42. The zero-order valence-corrected chi connectivity index (χ0v) is 13.8. The minimum absolute atomic E-state index is 0.0910. The monoisotopic (exact) mass is 343 g/mol. The van der Waals surface area contributed by atoms with Crippen LogP contribution in [0.2, 0.25) is 0 Å². The van der Waals surface area contributed by atoms with Gasteiger partial charge in [0.05, 0.1) is 24.2 Å². The van der Waals surface area contributed by atoms with E-state index < -0.39 is 15.8 Å². The van der Waals surface area contributed by atoms with Gasteiger partial charge in [0, 0.05) is 6.54 Å². The van der Waals surface area contributed by atoms with Gasteiger partial charge in [0.2, 0.25) is 10.0 Å². The molecule has 1 atom stereocenters. The minimum Gasteiger partial charge on any atom is -0.459 e. The number of piperidine rings is 1. The highest BCUT2D eigenvalue weighted by Gasteiger charge is 2.36. The molecule has 2 heterocycles. The number of hydrogen-bond acceptors (Lipinski definition) is 5. The maximum absolute atomic E-state index is 12.8. The summed E-state index contributed by atoms with van der Waals surface area (Å²) in [6.07, 6.45) is 7.91. The lowest BCUT2D eigenvalue weighted by Crippen LogP contribution is -2.48. The quantitative estimate of drug-likeness (QED) is 0.837. The molecule has 0 aromatic carbocycles. The summed E-state index contributed by atoms with van der Waals surface area (Å²) in [6.45, 7) is 0.864. The van der Waals surface area contributed by atoms with Crippen LogP contribution in [0.4, 0.5) is 4.39 Å². The zero-order chi connectivity index (χ0) is 16.3. The van der Waals surface area contributed by atoms with Crippen molar-refractivity contribution in [3.8, 4) is 6.01 Å². The van der Waals surface area contributed by atoms with Crippen LogP contribution in [0.1, 0.15) is 44.9 Å². The SMILES string of the molecule is O=S(=O)(C1CCCCC1)N1CCCC(Oc2ncc(F)cn2)C1. The first-order valence-corrected chi connectivity index (χ1v) is 9.69. The standard InChI is InChI=1S/C15H22FN3O3S/c16-12-9-17-15(18-10-12)22-13-5-4-8-19(11-13)23(20,21)14-6-2-1-3-7-14/h9-10,13-14H,1-8,11H2. The first-order chi connectivity index (χ1) is 11.1. The van der Waals surface area contributed by atoms with Gasteiger partial charge >= 0.3 is 6.01 Å². The molecule has 2 fully saturated rings. The topological polar surface area (TPSA) is 72.4 Å². The molecule has 1 saturated heterocycles. The third-order valence-electron chi connectivity index (χ3n) is 4.54. The molecule has 3 rings (SSSR count). The Hall–Kier alpha value is -1.28. The Kier molecular flexibility index (Phi) is 5.11. The molecule has 0 radical (unpaired) electrons. The van der Waals surface area contributed by atoms with E-state index in [-0.39, 0.29) is 17.4 Å². The average molecular weight is 343 g/mol. The van der Waals surface area contributed by atoms with Gasteiger partial charge in [-0.25, -0.2) is 22.8 Å². The molecule has 1 aromatic rings. The lowest BCUT2D eigenvalue weighted by molar-refractivity contribution is 0.118. The summed E-state index contributed by atoms with van der Waals surface area (Å²) in [5.74, 6) is -0.525. The van der Waals surface area contributed by atoms with Crippen molar-refractivity contribution in [3.05, 3.63) is 18.2 Å². The van der Waals surface area contributed by atoms with E-state index in [4.69, 9.17) is 4.74 Å². The number of nitrogens with zero attached hydrogens (tertiary/aromatic N) is 3. The molecular weight excluding hydrogens is 321 g/mol. The Morgan fingerprint density at radius 3 is 2.48 bits per heavy atom. The van der Waals surface area contributed by atoms with E-state index in [1.165, 1.54) is 0 Å². The van der Waals surface area contributed by atoms with Crippen molar-refractivity contribution >= 4 is 10.0 Å². The van der Waals surface area contributed by atoms with E-state index in [0.717, 1.165) is 57.3 Å². The first kappa shape index (κ1) is 16.6. The summed E-state index contributed by atoms with van der Waals surface area (Å²) >= 11 is 0. The van der Waals surface area contributed by atoms with Crippen LogP contribution in [-0.2, 0) is 10.0 Å². The highest BCUT2D eigenvalue weighted by Crippen LogP contribution is 2.28. The maximum atomic E-state index is 12.8. The summed E-state index contributed by atoms with van der Waals surface area (Å²) in [7, 11) is -3.26. The molecular formula is C15H22FN3O3S. The second kappa shape index (κ2) is 7.09. The predicted molar refractivity (Wildman–Crippen MR) is 83.0 cm³/mol. The van der Waals surface area contributed by atoms with Crippen LogP contribution in [0.15, 0.2) is 12.4 Å². The van der Waals surface area contributed by atoms with Crippen molar-refractivity contribution in [3.63, 3.8) is 0 Å². The van der Waals surface area contributed by atoms with Gasteiger partial charge < -0.3 is 4.74 Å². The van der Waals surface area contributed by atoms with Gasteiger partial charge in [-0.05, 0) is 25.7 Å². The molecule has 1 aliphatic heterocycles. The van der Waals surface area contributed by atoms with Crippen molar-refractivity contribution in [2.24, 2.45) is 0 Å². The lowest BCUT2D eigenvalue weighted by atomic mass is 10.0. The fraction of sp³-hybridized carbons (Fsp3) is 0.733. The molecule has 0 N–H and O–H groups in total. The van der Waals surface area contributed by atoms with E-state index in [2.05, 4.69) is 9.97 Å². The number of halogens is 1. The highest BCUT2D eigenvalue weighted by atomic mass is 32.2. The Labute approximate surface area is 136 Å². The van der Waals surface area contributed by atoms with E-state index in [1.54, 1.807) is 4.31 Å². The van der Waals surface area contributed by atoms with Gasteiger partial charge in [0.15, 0.2) is 5.82 Å². The Balaban J connectivity index is 1.64. The molecule has 2 aliphatic rings. The van der Waals surface area contributed by atoms with Crippen molar-refractivity contribution in [1.29, 1.82) is 0 Å². The van der Waals surface area contributed by atoms with Gasteiger partial charge in [-0.15, -0.1) is 0 Å². The molecule has 6 nitrogen and oxygen atoms in total. The Morgan fingerprint density at radius 1 is 1.09 bits per heavy atom. The molecule has 1 unspecified atom stereocenters. The zero-order valence-electron chi connectivity index (χ0n) is 13.0. The van der Waals surface area contributed by atoms with Gasteiger partial charge in [-0.3, -0.25) is 0 Å². The summed E-state index contributed by atoms with van der Waals surface area (Å²) in [5.41, 5.74) is 0. The second-order valence-electron chi connectivity index (χ2n) is 6.23. The van der Waals surface area contributed by atoms with Crippen LogP contribution in [0, 0.1) is 5.82 Å². The normalized spacial score (nSPS) is 24.5. The third-order valence-corrected chi connectivity index (χ3v) is 6.91. The molecule has 8 heteroatoms. The van der Waals surface area contributed by atoms with Crippen LogP contribution in [-0.4, -0.2) is 47.1 Å². The maximum Gasteiger partial charge on any atom is 0.316 e. The Morgan fingerprint density at radius 2 is 1.78 bits per heavy atom. The summed E-state index contributed by atoms with van der Waals surface area (Å²) in [4.78, 5) is 7.55. The fourth-order valence-electron chi connectivity index (χ4n) is 3.32. The van der Waals surface area contributed by atoms with E-state index in [0.29, 0.717) is 13.1 Å². The molecule has 0 spiro atoms. The number of aromatic nitrogens is 2. The highest BCUT2D eigenvalue weighted by molar-refractivity contribution is 7.89. The predicted octanol–water partition coefficient (Wildman–Crippen LogP) is 2.12. The van der Waals surface area contributed by atoms with Gasteiger partial charge in [0.25, 0.3) is 0 Å². The molecule has 23 heavy (non-hydrogen) atoms. The Bertz CT molecular complexity index is 617. The first-order valence-electron chi connectivity index (χ1n) is 8.19. The van der Waals surface area contributed by atoms with Crippen molar-refractivity contribution in [1.82, 2.24) is 14.3 Å². The third kappa shape index (κ3) is 3.98. The van der Waals surface area contributed by atoms with Crippen LogP contribution in [0.3, 0.4) is 0 Å². The number of hydrogen-bond donors (Lipinski definition) is 0. The lowest BCUT2D eigenvalue weighted by Gasteiger charge is -2.35. The van der Waals surface area contributed by atoms with E-state index >= 15 is 0 Å². The summed E-state index contributed by atoms with van der Waals surface area (Å²) in [6, 6.07) is 0.0910. The van der Waals surface area contributed by atoms with Crippen molar-refractivity contribution in [2.45, 2.75) is 56.3 Å². The van der Waals surface area contributed by atoms with Crippen molar-refractivity contribution in [2.75, 3.05) is 13.1 Å². The molecule has 128 valence electrons. The van der Waals surface area contributed by atoms with Crippen LogP contribution in [0.25, 0.3) is 0 Å². The minimum atomic E-state index is -3.26. The number of sulfonamides is 1. The molecule has 0 amide bonds. The van der Waals surface area contributed by atoms with E-state index in [9.17, 15) is 12.8 Å². The molecule has 1 aliphatic carbocycles. The average Bonchev–Trinajstić information content (AvgIpc) is 2.58. The summed E-state index contributed by atoms with van der Waals surface area (Å²) in [5, 5.41) is -0.253. The smallest absolute Gasteiger partial charge is 0.316 e. The number of rotatable bonds is 4. The van der Waals surface area contributed by atoms with Crippen molar-refractivity contribution < 1.29 is 17.5 Å². The van der Waals surface area contributed by atoms with Crippen LogP contribution < -0.4 is 4.74 Å². The molecule has 1 aromatic heterocycles. The molecule has 0 bridgehead atoms.